The van der Waals surface area contributed by atoms with E-state index < -0.39 is 12.1 Å². The highest BCUT2D eigenvalue weighted by Crippen LogP contribution is 2.33. The molecule has 106 valence electrons. The Hall–Kier alpha value is -0.610. The van der Waals surface area contributed by atoms with Gasteiger partial charge in [0.25, 0.3) is 0 Å². The van der Waals surface area contributed by atoms with Gasteiger partial charge in [-0.1, -0.05) is 13.8 Å². The molecular formula is C14H27NO3. The van der Waals surface area contributed by atoms with Gasteiger partial charge in [0.15, 0.2) is 0 Å². The minimum absolute atomic E-state index is 0.0165. The molecule has 0 radical (unpaired) electrons. The molecule has 1 saturated carbocycles. The van der Waals surface area contributed by atoms with E-state index in [0.29, 0.717) is 5.92 Å². The van der Waals surface area contributed by atoms with E-state index in [9.17, 15) is 9.90 Å². The minimum Gasteiger partial charge on any atom is -0.394 e. The largest absolute Gasteiger partial charge is 0.394 e. The summed E-state index contributed by atoms with van der Waals surface area (Å²) in [6, 6.07) is -0.541. The predicted octanol–water partition coefficient (Wildman–Crippen LogP) is 1.31. The van der Waals surface area contributed by atoms with Crippen LogP contribution in [0.5, 0.6) is 0 Å². The van der Waals surface area contributed by atoms with Gasteiger partial charge in [-0.05, 0) is 44.4 Å². The van der Waals surface area contributed by atoms with Crippen molar-refractivity contribution in [2.45, 2.75) is 58.6 Å². The standard InChI is InChI=1S/C14H27NO3/c1-9(2)11-4-6-12(7-5-11)14(18)15-13(8-16)10(3)17/h9-13,16-17H,4-8H2,1-3H3,(H,15,18)/t10-,11?,12?,13-/m0/s1. The van der Waals surface area contributed by atoms with Crippen LogP contribution in [-0.4, -0.2) is 34.9 Å². The van der Waals surface area contributed by atoms with Crippen LogP contribution >= 0.6 is 0 Å². The second kappa shape index (κ2) is 7.10. The smallest absolute Gasteiger partial charge is 0.223 e. The molecule has 0 saturated heterocycles. The van der Waals surface area contributed by atoms with Crippen molar-refractivity contribution < 1.29 is 15.0 Å². The molecule has 18 heavy (non-hydrogen) atoms. The summed E-state index contributed by atoms with van der Waals surface area (Å²) in [5.74, 6) is 1.46. The van der Waals surface area contributed by atoms with Crippen LogP contribution in [0.25, 0.3) is 0 Å². The van der Waals surface area contributed by atoms with Crippen molar-refractivity contribution >= 4 is 5.91 Å². The zero-order valence-corrected chi connectivity index (χ0v) is 11.7. The van der Waals surface area contributed by atoms with Crippen LogP contribution in [-0.2, 0) is 4.79 Å². The molecule has 0 aliphatic heterocycles. The highest BCUT2D eigenvalue weighted by atomic mass is 16.3. The third-order valence-corrected chi connectivity index (χ3v) is 4.19. The number of nitrogens with one attached hydrogen (secondary N) is 1. The zero-order valence-electron chi connectivity index (χ0n) is 11.7. The van der Waals surface area contributed by atoms with Crippen LogP contribution in [0.2, 0.25) is 0 Å². The summed E-state index contributed by atoms with van der Waals surface area (Å²) in [4.78, 5) is 12.0. The topological polar surface area (TPSA) is 69.6 Å². The van der Waals surface area contributed by atoms with Crippen molar-refractivity contribution in [1.82, 2.24) is 5.32 Å². The summed E-state index contributed by atoms with van der Waals surface area (Å²) < 4.78 is 0. The monoisotopic (exact) mass is 257 g/mol. The van der Waals surface area contributed by atoms with Crippen LogP contribution in [0.15, 0.2) is 0 Å². The Kier molecular flexibility index (Phi) is 6.09. The van der Waals surface area contributed by atoms with Crippen LogP contribution in [0.3, 0.4) is 0 Å². The van der Waals surface area contributed by atoms with E-state index in [-0.39, 0.29) is 18.4 Å². The summed E-state index contributed by atoms with van der Waals surface area (Å²) in [5, 5.41) is 21.2. The maximum Gasteiger partial charge on any atom is 0.223 e. The molecule has 0 aromatic heterocycles. The summed E-state index contributed by atoms with van der Waals surface area (Å²) >= 11 is 0. The average molecular weight is 257 g/mol. The van der Waals surface area contributed by atoms with E-state index in [4.69, 9.17) is 5.11 Å². The molecule has 1 amide bonds. The Morgan fingerprint density at radius 2 is 1.78 bits per heavy atom. The maximum absolute atomic E-state index is 12.0. The van der Waals surface area contributed by atoms with Crippen molar-refractivity contribution in [1.29, 1.82) is 0 Å². The fourth-order valence-electron chi connectivity index (χ4n) is 2.67. The average Bonchev–Trinajstić information content (AvgIpc) is 2.35. The van der Waals surface area contributed by atoms with Gasteiger partial charge in [0, 0.05) is 5.92 Å². The second-order valence-electron chi connectivity index (χ2n) is 5.89. The highest BCUT2D eigenvalue weighted by Gasteiger charge is 2.29. The molecule has 4 heteroatoms. The van der Waals surface area contributed by atoms with Crippen molar-refractivity contribution in [3.05, 3.63) is 0 Å². The molecule has 0 unspecified atom stereocenters. The Bertz CT molecular complexity index is 258. The summed E-state index contributed by atoms with van der Waals surface area (Å²) in [6.07, 6.45) is 3.34. The van der Waals surface area contributed by atoms with Crippen LogP contribution in [0, 0.1) is 17.8 Å². The van der Waals surface area contributed by atoms with Gasteiger partial charge >= 0.3 is 0 Å². The lowest BCUT2D eigenvalue weighted by molar-refractivity contribution is -0.128. The fraction of sp³-hybridized carbons (Fsp3) is 0.929. The molecule has 3 N–H and O–H groups in total. The molecule has 2 atom stereocenters. The molecule has 1 aliphatic carbocycles. The predicted molar refractivity (Wildman–Crippen MR) is 71.0 cm³/mol. The number of amides is 1. The van der Waals surface area contributed by atoms with E-state index in [1.54, 1.807) is 6.92 Å². The number of carbonyl (C=O) groups is 1. The molecule has 1 rings (SSSR count). The fourth-order valence-corrected chi connectivity index (χ4v) is 2.67. The lowest BCUT2D eigenvalue weighted by Crippen LogP contribution is -2.47. The maximum atomic E-state index is 12.0. The van der Waals surface area contributed by atoms with Gasteiger partial charge in [-0.25, -0.2) is 0 Å². The number of hydrogen-bond donors (Lipinski definition) is 3. The van der Waals surface area contributed by atoms with Crippen LogP contribution in [0.4, 0.5) is 0 Å². The van der Waals surface area contributed by atoms with Crippen molar-refractivity contribution in [3.8, 4) is 0 Å². The number of aliphatic hydroxyl groups excluding tert-OH is 2. The molecule has 1 aliphatic rings. The molecule has 0 bridgehead atoms. The summed E-state index contributed by atoms with van der Waals surface area (Å²) in [6.45, 7) is 5.84. The summed E-state index contributed by atoms with van der Waals surface area (Å²) in [7, 11) is 0. The highest BCUT2D eigenvalue weighted by molar-refractivity contribution is 5.79. The first kappa shape index (κ1) is 15.4. The minimum atomic E-state index is -0.717. The van der Waals surface area contributed by atoms with Crippen LogP contribution in [0.1, 0.15) is 46.5 Å². The molecule has 1 fully saturated rings. The first-order valence-electron chi connectivity index (χ1n) is 7.05. The number of aliphatic hydroxyl groups is 2. The normalized spacial score (nSPS) is 27.9. The third-order valence-electron chi connectivity index (χ3n) is 4.19. The quantitative estimate of drug-likeness (QED) is 0.695. The lowest BCUT2D eigenvalue weighted by Gasteiger charge is -2.31. The van der Waals surface area contributed by atoms with Gasteiger partial charge in [0.1, 0.15) is 0 Å². The Morgan fingerprint density at radius 3 is 2.17 bits per heavy atom. The van der Waals surface area contributed by atoms with Crippen molar-refractivity contribution in [3.63, 3.8) is 0 Å². The number of rotatable bonds is 5. The van der Waals surface area contributed by atoms with Gasteiger partial charge in [0.2, 0.25) is 5.91 Å². The van der Waals surface area contributed by atoms with Gasteiger partial charge in [0.05, 0.1) is 18.8 Å². The molecule has 0 spiro atoms. The first-order valence-corrected chi connectivity index (χ1v) is 7.05. The number of hydrogen-bond acceptors (Lipinski definition) is 3. The lowest BCUT2D eigenvalue weighted by atomic mass is 9.76. The van der Waals surface area contributed by atoms with Crippen LogP contribution < -0.4 is 5.32 Å². The molecule has 0 heterocycles. The SMILES string of the molecule is CC(C)C1CCC(C(=O)N[C@@H](CO)[C@H](C)O)CC1. The Labute approximate surface area is 110 Å². The Balaban J connectivity index is 2.40. The van der Waals surface area contributed by atoms with Crippen molar-refractivity contribution in [2.24, 2.45) is 17.8 Å². The number of carbonyl (C=O) groups excluding carboxylic acids is 1. The second-order valence-corrected chi connectivity index (χ2v) is 5.89. The van der Waals surface area contributed by atoms with Gasteiger partial charge < -0.3 is 15.5 Å². The van der Waals surface area contributed by atoms with E-state index >= 15 is 0 Å². The molecule has 4 nitrogen and oxygen atoms in total. The van der Waals surface area contributed by atoms with E-state index in [1.807, 2.05) is 0 Å². The van der Waals surface area contributed by atoms with Gasteiger partial charge in [-0.15, -0.1) is 0 Å². The van der Waals surface area contributed by atoms with Crippen molar-refractivity contribution in [2.75, 3.05) is 6.61 Å². The molecule has 0 aromatic carbocycles. The third kappa shape index (κ3) is 4.25. The Morgan fingerprint density at radius 1 is 1.22 bits per heavy atom. The van der Waals surface area contributed by atoms with Gasteiger partial charge in [-0.3, -0.25) is 4.79 Å². The van der Waals surface area contributed by atoms with E-state index in [1.165, 1.54) is 0 Å². The zero-order chi connectivity index (χ0) is 13.7. The molecule has 0 aromatic rings. The summed E-state index contributed by atoms with van der Waals surface area (Å²) in [5.41, 5.74) is 0. The van der Waals surface area contributed by atoms with Gasteiger partial charge in [-0.2, -0.15) is 0 Å². The van der Waals surface area contributed by atoms with E-state index in [0.717, 1.165) is 31.6 Å². The molecular weight excluding hydrogens is 230 g/mol. The first-order chi connectivity index (χ1) is 8.45. The van der Waals surface area contributed by atoms with E-state index in [2.05, 4.69) is 19.2 Å².